The highest BCUT2D eigenvalue weighted by molar-refractivity contribution is 7.22. The van der Waals surface area contributed by atoms with Gasteiger partial charge in [-0.05, 0) is 23.3 Å². The Balaban J connectivity index is 2.18. The fraction of sp³-hybridized carbons (Fsp3) is 0. The van der Waals surface area contributed by atoms with E-state index in [1.165, 1.54) is 22.5 Å². The molecule has 0 saturated heterocycles. The van der Waals surface area contributed by atoms with Crippen molar-refractivity contribution in [1.82, 2.24) is 4.98 Å². The van der Waals surface area contributed by atoms with E-state index in [4.69, 9.17) is 5.73 Å². The third-order valence-corrected chi connectivity index (χ3v) is 3.38. The number of nitrogens with zero attached hydrogens (tertiary/aromatic N) is 1. The molecule has 2 aromatic carbocycles. The molecule has 3 heteroatoms. The molecular formula is C13H10N2S. The molecule has 0 amide bonds. The lowest BCUT2D eigenvalue weighted by Gasteiger charge is -2.00. The summed E-state index contributed by atoms with van der Waals surface area (Å²) in [6.45, 7) is 0. The molecule has 78 valence electrons. The van der Waals surface area contributed by atoms with Gasteiger partial charge in [-0.1, -0.05) is 47.7 Å². The van der Waals surface area contributed by atoms with Crippen LogP contribution in [0.25, 0.3) is 21.3 Å². The van der Waals surface area contributed by atoms with E-state index in [-0.39, 0.29) is 0 Å². The summed E-state index contributed by atoms with van der Waals surface area (Å²) < 4.78 is 1.14. The van der Waals surface area contributed by atoms with Gasteiger partial charge < -0.3 is 5.73 Å². The second kappa shape index (κ2) is 3.61. The number of aromatic nitrogens is 1. The van der Waals surface area contributed by atoms with Gasteiger partial charge in [0.15, 0.2) is 5.13 Å². The van der Waals surface area contributed by atoms with Crippen LogP contribution in [0.1, 0.15) is 0 Å². The molecule has 0 saturated carbocycles. The van der Waals surface area contributed by atoms with Crippen molar-refractivity contribution in [3.05, 3.63) is 48.5 Å². The summed E-state index contributed by atoms with van der Waals surface area (Å²) in [6.07, 6.45) is 0. The van der Waals surface area contributed by atoms with Crippen molar-refractivity contribution >= 4 is 26.7 Å². The van der Waals surface area contributed by atoms with Crippen LogP contribution in [0, 0.1) is 0 Å². The predicted molar refractivity (Wildman–Crippen MR) is 69.5 cm³/mol. The van der Waals surface area contributed by atoms with E-state index in [9.17, 15) is 0 Å². The maximum absolute atomic E-state index is 5.69. The Labute approximate surface area is 97.4 Å². The van der Waals surface area contributed by atoms with Gasteiger partial charge >= 0.3 is 0 Å². The molecule has 3 rings (SSSR count). The average Bonchev–Trinajstić information content (AvgIpc) is 2.69. The highest BCUT2D eigenvalue weighted by atomic mass is 32.1. The monoisotopic (exact) mass is 226 g/mol. The van der Waals surface area contributed by atoms with Crippen LogP contribution in [0.5, 0.6) is 0 Å². The second-order valence-corrected chi connectivity index (χ2v) is 4.66. The largest absolute Gasteiger partial charge is 0.375 e. The van der Waals surface area contributed by atoms with Gasteiger partial charge in [0.25, 0.3) is 0 Å². The third-order valence-electron chi connectivity index (χ3n) is 2.51. The summed E-state index contributed by atoms with van der Waals surface area (Å²) in [6, 6.07) is 16.5. The molecule has 3 aromatic rings. The first kappa shape index (κ1) is 9.36. The number of fused-ring (bicyclic) bond motifs is 1. The van der Waals surface area contributed by atoms with Gasteiger partial charge in [0.2, 0.25) is 0 Å². The number of nitrogens with two attached hydrogens (primary N) is 1. The fourth-order valence-electron chi connectivity index (χ4n) is 1.76. The van der Waals surface area contributed by atoms with Crippen LogP contribution in [-0.4, -0.2) is 4.98 Å². The SMILES string of the molecule is Nc1nc2cc(-c3ccccc3)ccc2s1. The smallest absolute Gasteiger partial charge is 0.181 e. The molecule has 0 atom stereocenters. The first-order valence-electron chi connectivity index (χ1n) is 5.04. The number of hydrogen-bond acceptors (Lipinski definition) is 3. The molecule has 1 heterocycles. The van der Waals surface area contributed by atoms with E-state index in [0.717, 1.165) is 10.2 Å². The van der Waals surface area contributed by atoms with Crippen molar-refractivity contribution in [2.75, 3.05) is 5.73 Å². The number of thiazole rings is 1. The van der Waals surface area contributed by atoms with E-state index in [1.54, 1.807) is 0 Å². The van der Waals surface area contributed by atoms with Crippen molar-refractivity contribution in [1.29, 1.82) is 0 Å². The molecule has 0 radical (unpaired) electrons. The molecule has 2 nitrogen and oxygen atoms in total. The summed E-state index contributed by atoms with van der Waals surface area (Å²) >= 11 is 1.52. The minimum Gasteiger partial charge on any atom is -0.375 e. The average molecular weight is 226 g/mol. The Morgan fingerprint density at radius 2 is 1.75 bits per heavy atom. The maximum atomic E-state index is 5.69. The molecule has 0 spiro atoms. The number of anilines is 1. The number of hydrogen-bond donors (Lipinski definition) is 1. The predicted octanol–water partition coefficient (Wildman–Crippen LogP) is 3.55. The number of benzene rings is 2. The molecule has 2 N–H and O–H groups in total. The lowest BCUT2D eigenvalue weighted by molar-refractivity contribution is 1.49. The standard InChI is InChI=1S/C13H10N2S/c14-13-15-11-8-10(6-7-12(11)16-13)9-4-2-1-3-5-9/h1-8H,(H2,14,15). The Bertz CT molecular complexity index is 629. The summed E-state index contributed by atoms with van der Waals surface area (Å²) in [5, 5.41) is 0.625. The molecule has 1 aromatic heterocycles. The minimum absolute atomic E-state index is 0.625. The molecule has 16 heavy (non-hydrogen) atoms. The molecule has 0 aliphatic heterocycles. The maximum Gasteiger partial charge on any atom is 0.181 e. The van der Waals surface area contributed by atoms with Crippen LogP contribution < -0.4 is 5.73 Å². The minimum atomic E-state index is 0.625. The molecule has 0 fully saturated rings. The highest BCUT2D eigenvalue weighted by Gasteiger charge is 2.03. The Morgan fingerprint density at radius 3 is 2.56 bits per heavy atom. The van der Waals surface area contributed by atoms with Gasteiger partial charge in [-0.25, -0.2) is 4.98 Å². The zero-order chi connectivity index (χ0) is 11.0. The number of nitrogen functional groups attached to an aromatic ring is 1. The van der Waals surface area contributed by atoms with Crippen molar-refractivity contribution in [3.63, 3.8) is 0 Å². The molecular weight excluding hydrogens is 216 g/mol. The van der Waals surface area contributed by atoms with Crippen LogP contribution in [0.2, 0.25) is 0 Å². The van der Waals surface area contributed by atoms with Gasteiger partial charge in [-0.2, -0.15) is 0 Å². The lowest BCUT2D eigenvalue weighted by Crippen LogP contribution is -1.80. The zero-order valence-corrected chi connectivity index (χ0v) is 9.37. The Kier molecular flexibility index (Phi) is 2.11. The third kappa shape index (κ3) is 1.55. The number of rotatable bonds is 1. The van der Waals surface area contributed by atoms with Crippen LogP contribution in [0.15, 0.2) is 48.5 Å². The Hall–Kier alpha value is -1.87. The van der Waals surface area contributed by atoms with Crippen LogP contribution in [0.3, 0.4) is 0 Å². The van der Waals surface area contributed by atoms with Crippen molar-refractivity contribution in [3.8, 4) is 11.1 Å². The molecule has 0 bridgehead atoms. The summed E-state index contributed by atoms with van der Waals surface area (Å²) in [5.74, 6) is 0. The van der Waals surface area contributed by atoms with E-state index in [0.29, 0.717) is 5.13 Å². The van der Waals surface area contributed by atoms with Crippen LogP contribution >= 0.6 is 11.3 Å². The van der Waals surface area contributed by atoms with Crippen LogP contribution in [-0.2, 0) is 0 Å². The Morgan fingerprint density at radius 1 is 0.938 bits per heavy atom. The lowest BCUT2D eigenvalue weighted by atomic mass is 10.1. The fourth-order valence-corrected chi connectivity index (χ4v) is 2.47. The normalized spacial score (nSPS) is 10.8. The van der Waals surface area contributed by atoms with E-state index >= 15 is 0 Å². The van der Waals surface area contributed by atoms with E-state index < -0.39 is 0 Å². The van der Waals surface area contributed by atoms with Crippen LogP contribution in [0.4, 0.5) is 5.13 Å². The first-order valence-corrected chi connectivity index (χ1v) is 5.86. The zero-order valence-electron chi connectivity index (χ0n) is 8.55. The summed E-state index contributed by atoms with van der Waals surface area (Å²) in [4.78, 5) is 4.30. The van der Waals surface area contributed by atoms with E-state index in [2.05, 4.69) is 35.3 Å². The first-order chi connectivity index (χ1) is 7.83. The van der Waals surface area contributed by atoms with Crippen molar-refractivity contribution in [2.45, 2.75) is 0 Å². The highest BCUT2D eigenvalue weighted by Crippen LogP contribution is 2.28. The molecule has 0 aliphatic carbocycles. The topological polar surface area (TPSA) is 38.9 Å². The van der Waals surface area contributed by atoms with Crippen molar-refractivity contribution in [2.24, 2.45) is 0 Å². The molecule has 0 unspecified atom stereocenters. The van der Waals surface area contributed by atoms with Crippen molar-refractivity contribution < 1.29 is 0 Å². The van der Waals surface area contributed by atoms with Gasteiger partial charge in [0.1, 0.15) is 0 Å². The van der Waals surface area contributed by atoms with Gasteiger partial charge in [0.05, 0.1) is 10.2 Å². The summed E-state index contributed by atoms with van der Waals surface area (Å²) in [7, 11) is 0. The second-order valence-electron chi connectivity index (χ2n) is 3.60. The van der Waals surface area contributed by atoms with Gasteiger partial charge in [-0.15, -0.1) is 0 Å². The molecule has 0 aliphatic rings. The summed E-state index contributed by atoms with van der Waals surface area (Å²) in [5.41, 5.74) is 9.05. The van der Waals surface area contributed by atoms with Gasteiger partial charge in [-0.3, -0.25) is 0 Å². The van der Waals surface area contributed by atoms with Gasteiger partial charge in [0, 0.05) is 0 Å². The quantitative estimate of drug-likeness (QED) is 0.689. The van der Waals surface area contributed by atoms with E-state index in [1.807, 2.05) is 18.2 Å².